The van der Waals surface area contributed by atoms with Gasteiger partial charge in [0.25, 0.3) is 0 Å². The van der Waals surface area contributed by atoms with Crippen molar-refractivity contribution in [1.82, 2.24) is 14.6 Å². The van der Waals surface area contributed by atoms with Crippen LogP contribution in [0.5, 0.6) is 0 Å². The summed E-state index contributed by atoms with van der Waals surface area (Å²) in [4.78, 5) is 1.07. The minimum Gasteiger partial charge on any atom is -0.389 e. The van der Waals surface area contributed by atoms with Gasteiger partial charge in [-0.2, -0.15) is 0 Å². The van der Waals surface area contributed by atoms with Crippen molar-refractivity contribution >= 4 is 17.4 Å². The van der Waals surface area contributed by atoms with E-state index in [1.807, 2.05) is 53.1 Å². The number of fused-ring (bicyclic) bond motifs is 1. The summed E-state index contributed by atoms with van der Waals surface area (Å²) in [7, 11) is 0. The average molecular weight is 271 g/mol. The zero-order chi connectivity index (χ0) is 13.2. The van der Waals surface area contributed by atoms with E-state index in [-0.39, 0.29) is 0 Å². The minimum absolute atomic E-state index is 0.437. The van der Waals surface area contributed by atoms with Crippen molar-refractivity contribution in [2.75, 3.05) is 0 Å². The molecule has 5 heteroatoms. The van der Waals surface area contributed by atoms with E-state index in [1.54, 1.807) is 18.7 Å². The number of hydrogen-bond donors (Lipinski definition) is 1. The molecular weight excluding hydrogens is 258 g/mol. The number of pyridine rings is 1. The van der Waals surface area contributed by atoms with Gasteiger partial charge in [0.15, 0.2) is 10.8 Å². The van der Waals surface area contributed by atoms with Crippen molar-refractivity contribution in [3.8, 4) is 0 Å². The molecule has 1 atom stereocenters. The fourth-order valence-electron chi connectivity index (χ4n) is 1.81. The Bertz CT molecular complexity index is 691. The van der Waals surface area contributed by atoms with Crippen molar-refractivity contribution in [3.63, 3.8) is 0 Å². The zero-order valence-electron chi connectivity index (χ0n) is 10.4. The Balaban J connectivity index is 1.88. The summed E-state index contributed by atoms with van der Waals surface area (Å²) < 4.78 is 1.95. The second-order valence-corrected chi connectivity index (χ2v) is 5.30. The van der Waals surface area contributed by atoms with Crippen molar-refractivity contribution in [2.45, 2.75) is 23.1 Å². The molecule has 19 heavy (non-hydrogen) atoms. The molecular formula is C14H13N3OS. The number of nitrogens with zero attached hydrogens (tertiary/aromatic N) is 3. The van der Waals surface area contributed by atoms with E-state index in [9.17, 15) is 5.11 Å². The number of aliphatic hydroxyl groups excluding tert-OH is 1. The first-order valence-corrected chi connectivity index (χ1v) is 6.81. The van der Waals surface area contributed by atoms with Gasteiger partial charge in [0.1, 0.15) is 0 Å². The molecule has 0 spiro atoms. The monoisotopic (exact) mass is 271 g/mol. The third-order valence-electron chi connectivity index (χ3n) is 2.85. The first-order chi connectivity index (χ1) is 9.24. The molecule has 0 aliphatic rings. The molecule has 3 aromatic rings. The van der Waals surface area contributed by atoms with Gasteiger partial charge in [-0.25, -0.2) is 0 Å². The zero-order valence-corrected chi connectivity index (χ0v) is 11.2. The molecule has 0 bridgehead atoms. The maximum absolute atomic E-state index is 9.48. The van der Waals surface area contributed by atoms with Crippen LogP contribution in [0.15, 0.2) is 58.7 Å². The van der Waals surface area contributed by atoms with Crippen molar-refractivity contribution in [1.29, 1.82) is 0 Å². The molecule has 1 aromatic carbocycles. The predicted molar refractivity (Wildman–Crippen MR) is 74.2 cm³/mol. The summed E-state index contributed by atoms with van der Waals surface area (Å²) in [5.74, 6) is 0. The van der Waals surface area contributed by atoms with Crippen molar-refractivity contribution < 1.29 is 5.11 Å². The van der Waals surface area contributed by atoms with Crippen LogP contribution in [0.3, 0.4) is 0 Å². The summed E-state index contributed by atoms with van der Waals surface area (Å²) in [6, 6.07) is 13.6. The number of benzene rings is 1. The molecule has 0 radical (unpaired) electrons. The summed E-state index contributed by atoms with van der Waals surface area (Å²) >= 11 is 1.55. The Morgan fingerprint density at radius 3 is 2.63 bits per heavy atom. The molecule has 2 aromatic heterocycles. The molecule has 0 amide bonds. The number of hydrogen-bond acceptors (Lipinski definition) is 4. The van der Waals surface area contributed by atoms with Gasteiger partial charge in [-0.1, -0.05) is 18.2 Å². The van der Waals surface area contributed by atoms with E-state index in [2.05, 4.69) is 10.2 Å². The second-order valence-electron chi connectivity index (χ2n) is 4.26. The van der Waals surface area contributed by atoms with Gasteiger partial charge in [-0.3, -0.25) is 4.40 Å². The molecule has 0 aliphatic heterocycles. The smallest absolute Gasteiger partial charge is 0.200 e. The largest absolute Gasteiger partial charge is 0.389 e. The lowest BCUT2D eigenvalue weighted by Gasteiger charge is -2.05. The Kier molecular flexibility index (Phi) is 3.23. The van der Waals surface area contributed by atoms with Gasteiger partial charge in [0.05, 0.1) is 6.10 Å². The highest BCUT2D eigenvalue weighted by atomic mass is 32.2. The van der Waals surface area contributed by atoms with Gasteiger partial charge < -0.3 is 5.11 Å². The van der Waals surface area contributed by atoms with Crippen molar-refractivity contribution in [2.24, 2.45) is 0 Å². The second kappa shape index (κ2) is 5.03. The fraction of sp³-hybridized carbons (Fsp3) is 0.143. The molecule has 2 heterocycles. The summed E-state index contributed by atoms with van der Waals surface area (Å²) in [6.45, 7) is 1.76. The standard InChI is InChI=1S/C14H13N3OS/c1-10(18)11-5-7-12(8-6-11)19-14-16-15-13-4-2-3-9-17(13)14/h2-10,18H,1H3. The quantitative estimate of drug-likeness (QED) is 0.795. The van der Waals surface area contributed by atoms with E-state index in [0.29, 0.717) is 0 Å². The van der Waals surface area contributed by atoms with E-state index in [1.165, 1.54) is 0 Å². The Morgan fingerprint density at radius 2 is 1.89 bits per heavy atom. The maximum Gasteiger partial charge on any atom is 0.200 e. The molecule has 0 aliphatic carbocycles. The lowest BCUT2D eigenvalue weighted by Crippen LogP contribution is -1.90. The van der Waals surface area contributed by atoms with Gasteiger partial charge in [0.2, 0.25) is 0 Å². The van der Waals surface area contributed by atoms with E-state index >= 15 is 0 Å². The normalized spacial score (nSPS) is 12.7. The van der Waals surface area contributed by atoms with Crippen LogP contribution in [0, 0.1) is 0 Å². The SMILES string of the molecule is CC(O)c1ccc(Sc2nnc3ccccn23)cc1. The Labute approximate surface area is 115 Å². The van der Waals surface area contributed by atoms with Crippen LogP contribution < -0.4 is 0 Å². The third kappa shape index (κ3) is 2.47. The third-order valence-corrected chi connectivity index (χ3v) is 3.82. The lowest BCUT2D eigenvalue weighted by atomic mass is 10.1. The first kappa shape index (κ1) is 12.2. The predicted octanol–water partition coefficient (Wildman–Crippen LogP) is 2.93. The highest BCUT2D eigenvalue weighted by molar-refractivity contribution is 7.99. The van der Waals surface area contributed by atoms with Crippen LogP contribution in [-0.4, -0.2) is 19.7 Å². The summed E-state index contributed by atoms with van der Waals surface area (Å²) in [5.41, 5.74) is 1.75. The van der Waals surface area contributed by atoms with Crippen LogP contribution in [0.2, 0.25) is 0 Å². The maximum atomic E-state index is 9.48. The molecule has 96 valence electrons. The lowest BCUT2D eigenvalue weighted by molar-refractivity contribution is 0.199. The highest BCUT2D eigenvalue weighted by Crippen LogP contribution is 2.27. The Morgan fingerprint density at radius 1 is 1.11 bits per heavy atom. The van der Waals surface area contributed by atoms with Gasteiger partial charge in [-0.15, -0.1) is 10.2 Å². The molecule has 3 rings (SSSR count). The van der Waals surface area contributed by atoms with E-state index < -0.39 is 6.10 Å². The Hall–Kier alpha value is -1.85. The number of rotatable bonds is 3. The van der Waals surface area contributed by atoms with Crippen LogP contribution in [0.25, 0.3) is 5.65 Å². The molecule has 4 nitrogen and oxygen atoms in total. The number of aliphatic hydroxyl groups is 1. The first-order valence-electron chi connectivity index (χ1n) is 6.00. The summed E-state index contributed by atoms with van der Waals surface area (Å²) in [5, 5.41) is 18.6. The van der Waals surface area contributed by atoms with Gasteiger partial charge in [0, 0.05) is 11.1 Å². The molecule has 0 fully saturated rings. The molecule has 1 unspecified atom stereocenters. The van der Waals surface area contributed by atoms with Crippen LogP contribution >= 0.6 is 11.8 Å². The molecule has 0 saturated carbocycles. The molecule has 0 saturated heterocycles. The fourth-order valence-corrected chi connectivity index (χ4v) is 2.63. The van der Waals surface area contributed by atoms with Crippen molar-refractivity contribution in [3.05, 3.63) is 54.2 Å². The minimum atomic E-state index is -0.437. The highest BCUT2D eigenvalue weighted by Gasteiger charge is 2.07. The molecule has 1 N–H and O–H groups in total. The van der Waals surface area contributed by atoms with Crippen LogP contribution in [-0.2, 0) is 0 Å². The van der Waals surface area contributed by atoms with Gasteiger partial charge in [-0.05, 0) is 48.5 Å². The topological polar surface area (TPSA) is 50.4 Å². The van der Waals surface area contributed by atoms with Gasteiger partial charge >= 0.3 is 0 Å². The number of aromatic nitrogens is 3. The van der Waals surface area contributed by atoms with Crippen LogP contribution in [0.1, 0.15) is 18.6 Å². The average Bonchev–Trinajstić information content (AvgIpc) is 2.83. The van der Waals surface area contributed by atoms with E-state index in [0.717, 1.165) is 21.3 Å². The summed E-state index contributed by atoms with van der Waals surface area (Å²) in [6.07, 6.45) is 1.51. The van der Waals surface area contributed by atoms with Crippen LogP contribution in [0.4, 0.5) is 0 Å². The van der Waals surface area contributed by atoms with E-state index in [4.69, 9.17) is 0 Å².